The average Bonchev–Trinajstić information content (AvgIpc) is 2.25. The highest BCUT2D eigenvalue weighted by molar-refractivity contribution is 6.30. The maximum Gasteiger partial charge on any atom is 0.172 e. The van der Waals surface area contributed by atoms with Crippen molar-refractivity contribution in [3.8, 4) is 0 Å². The van der Waals surface area contributed by atoms with E-state index in [0.717, 1.165) is 5.56 Å². The Kier molecular flexibility index (Phi) is 5.15. The molecule has 16 heavy (non-hydrogen) atoms. The van der Waals surface area contributed by atoms with Crippen LogP contribution in [0.4, 0.5) is 4.39 Å². The van der Waals surface area contributed by atoms with Crippen LogP contribution in [0, 0.1) is 5.82 Å². The van der Waals surface area contributed by atoms with Gasteiger partial charge in [-0.2, -0.15) is 0 Å². The second-order valence-electron chi connectivity index (χ2n) is 3.46. The van der Waals surface area contributed by atoms with Gasteiger partial charge < -0.3 is 15.2 Å². The van der Waals surface area contributed by atoms with Crippen LogP contribution >= 0.6 is 11.6 Å². The zero-order chi connectivity index (χ0) is 12.1. The molecule has 1 aromatic carbocycles. The molecule has 0 saturated carbocycles. The molecule has 0 spiro atoms. The predicted molar refractivity (Wildman–Crippen MR) is 60.9 cm³/mol. The molecule has 0 heterocycles. The predicted octanol–water partition coefficient (Wildman–Crippen LogP) is 1.97. The van der Waals surface area contributed by atoms with Crippen molar-refractivity contribution in [2.75, 3.05) is 14.2 Å². The number of nitrogens with two attached hydrogens (primary N) is 1. The topological polar surface area (TPSA) is 44.5 Å². The fraction of sp³-hybridized carbons (Fsp3) is 0.455. The van der Waals surface area contributed by atoms with Gasteiger partial charge in [0.25, 0.3) is 0 Å². The van der Waals surface area contributed by atoms with Crippen molar-refractivity contribution in [3.05, 3.63) is 34.6 Å². The van der Waals surface area contributed by atoms with Crippen molar-refractivity contribution in [1.29, 1.82) is 0 Å². The minimum atomic E-state index is -0.501. The summed E-state index contributed by atoms with van der Waals surface area (Å²) in [5, 5.41) is 0.104. The van der Waals surface area contributed by atoms with Crippen molar-refractivity contribution in [3.63, 3.8) is 0 Å². The lowest BCUT2D eigenvalue weighted by Gasteiger charge is -2.20. The van der Waals surface area contributed by atoms with Gasteiger partial charge in [-0.3, -0.25) is 0 Å². The largest absolute Gasteiger partial charge is 0.354 e. The number of ether oxygens (including phenoxy) is 2. The molecular formula is C11H15ClFNO2. The lowest BCUT2D eigenvalue weighted by molar-refractivity contribution is -0.115. The van der Waals surface area contributed by atoms with Crippen LogP contribution in [0.3, 0.4) is 0 Å². The molecular weight excluding hydrogens is 233 g/mol. The van der Waals surface area contributed by atoms with E-state index in [0.29, 0.717) is 6.42 Å². The molecule has 0 fully saturated rings. The van der Waals surface area contributed by atoms with Gasteiger partial charge in [0.15, 0.2) is 6.29 Å². The van der Waals surface area contributed by atoms with Crippen LogP contribution in [-0.2, 0) is 15.9 Å². The van der Waals surface area contributed by atoms with Crippen molar-refractivity contribution >= 4 is 11.6 Å². The Bertz CT molecular complexity index is 345. The van der Waals surface area contributed by atoms with Crippen LogP contribution in [-0.4, -0.2) is 26.6 Å². The number of rotatable bonds is 5. The summed E-state index contributed by atoms with van der Waals surface area (Å²) in [5.74, 6) is -0.447. The quantitative estimate of drug-likeness (QED) is 0.809. The van der Waals surface area contributed by atoms with Gasteiger partial charge in [-0.05, 0) is 24.1 Å². The smallest absolute Gasteiger partial charge is 0.172 e. The minimum Gasteiger partial charge on any atom is -0.354 e. The third-order valence-corrected chi connectivity index (χ3v) is 2.58. The summed E-state index contributed by atoms with van der Waals surface area (Å²) in [6.07, 6.45) is -0.0424. The van der Waals surface area contributed by atoms with Gasteiger partial charge in [-0.1, -0.05) is 17.7 Å². The third kappa shape index (κ3) is 3.42. The highest BCUT2D eigenvalue weighted by atomic mass is 35.5. The number of benzene rings is 1. The first-order chi connectivity index (χ1) is 7.58. The van der Waals surface area contributed by atoms with E-state index in [1.807, 2.05) is 0 Å². The summed E-state index contributed by atoms with van der Waals surface area (Å²) in [7, 11) is 3.02. The molecule has 0 aliphatic carbocycles. The van der Waals surface area contributed by atoms with Gasteiger partial charge in [0.05, 0.1) is 11.1 Å². The monoisotopic (exact) mass is 247 g/mol. The summed E-state index contributed by atoms with van der Waals surface area (Å²) >= 11 is 5.58. The summed E-state index contributed by atoms with van der Waals surface area (Å²) in [6.45, 7) is 0. The maximum atomic E-state index is 13.2. The second kappa shape index (κ2) is 6.15. The van der Waals surface area contributed by atoms with E-state index < -0.39 is 12.1 Å². The summed E-state index contributed by atoms with van der Waals surface area (Å²) in [6, 6.07) is 4.25. The van der Waals surface area contributed by atoms with Crippen molar-refractivity contribution < 1.29 is 13.9 Å². The van der Waals surface area contributed by atoms with Crippen molar-refractivity contribution in [2.24, 2.45) is 5.73 Å². The Morgan fingerprint density at radius 2 is 2.00 bits per heavy atom. The lowest BCUT2D eigenvalue weighted by Crippen LogP contribution is -2.39. The fourth-order valence-corrected chi connectivity index (χ4v) is 1.60. The number of methoxy groups -OCH3 is 2. The highest BCUT2D eigenvalue weighted by Crippen LogP contribution is 2.17. The first-order valence-corrected chi connectivity index (χ1v) is 5.21. The molecule has 0 radical (unpaired) electrons. The van der Waals surface area contributed by atoms with E-state index in [2.05, 4.69) is 0 Å². The Labute approximate surface area is 99.3 Å². The van der Waals surface area contributed by atoms with Gasteiger partial charge in [-0.25, -0.2) is 4.39 Å². The van der Waals surface area contributed by atoms with Gasteiger partial charge in [0.1, 0.15) is 5.82 Å². The van der Waals surface area contributed by atoms with Crippen LogP contribution in [0.1, 0.15) is 5.56 Å². The number of halogens is 2. The third-order valence-electron chi connectivity index (χ3n) is 2.27. The molecule has 90 valence electrons. The minimum absolute atomic E-state index is 0.104. The molecule has 0 aliphatic heterocycles. The van der Waals surface area contributed by atoms with Crippen molar-refractivity contribution in [1.82, 2.24) is 0 Å². The lowest BCUT2D eigenvalue weighted by atomic mass is 10.1. The number of hydrogen-bond donors (Lipinski definition) is 1. The molecule has 5 heteroatoms. The summed E-state index contributed by atoms with van der Waals surface area (Å²) in [4.78, 5) is 0. The average molecular weight is 248 g/mol. The Morgan fingerprint density at radius 1 is 1.38 bits per heavy atom. The van der Waals surface area contributed by atoms with Crippen LogP contribution in [0.15, 0.2) is 18.2 Å². The van der Waals surface area contributed by atoms with Gasteiger partial charge in [0.2, 0.25) is 0 Å². The molecule has 0 aliphatic rings. The molecule has 0 aromatic heterocycles. The van der Waals surface area contributed by atoms with E-state index in [4.69, 9.17) is 26.8 Å². The highest BCUT2D eigenvalue weighted by Gasteiger charge is 2.17. The Balaban J connectivity index is 2.69. The van der Waals surface area contributed by atoms with Crippen molar-refractivity contribution in [2.45, 2.75) is 18.8 Å². The summed E-state index contributed by atoms with van der Waals surface area (Å²) in [5.41, 5.74) is 6.61. The molecule has 1 rings (SSSR count). The summed E-state index contributed by atoms with van der Waals surface area (Å²) < 4.78 is 23.2. The van der Waals surface area contributed by atoms with Crippen LogP contribution in [0.2, 0.25) is 5.02 Å². The van der Waals surface area contributed by atoms with Gasteiger partial charge in [-0.15, -0.1) is 0 Å². The molecule has 0 bridgehead atoms. The molecule has 0 saturated heterocycles. The molecule has 1 aromatic rings. The Morgan fingerprint density at radius 3 is 2.50 bits per heavy atom. The normalized spacial score (nSPS) is 13.1. The molecule has 1 unspecified atom stereocenters. The standard InChI is InChI=1S/C11H15ClFNO2/c1-15-11(16-2)10(14)6-7-3-4-8(12)9(13)5-7/h3-5,10-11H,6,14H2,1-2H3. The van der Waals surface area contributed by atoms with Gasteiger partial charge in [0, 0.05) is 14.2 Å². The zero-order valence-corrected chi connectivity index (χ0v) is 10.00. The van der Waals surface area contributed by atoms with E-state index >= 15 is 0 Å². The van der Waals surface area contributed by atoms with E-state index in [-0.39, 0.29) is 11.1 Å². The maximum absolute atomic E-state index is 13.2. The van der Waals surface area contributed by atoms with Crippen LogP contribution in [0.25, 0.3) is 0 Å². The van der Waals surface area contributed by atoms with E-state index in [1.165, 1.54) is 26.4 Å². The fourth-order valence-electron chi connectivity index (χ4n) is 1.48. The van der Waals surface area contributed by atoms with Crippen LogP contribution < -0.4 is 5.73 Å². The van der Waals surface area contributed by atoms with E-state index in [9.17, 15) is 4.39 Å². The molecule has 0 amide bonds. The zero-order valence-electron chi connectivity index (χ0n) is 9.24. The first kappa shape index (κ1) is 13.4. The van der Waals surface area contributed by atoms with Gasteiger partial charge >= 0.3 is 0 Å². The second-order valence-corrected chi connectivity index (χ2v) is 3.86. The first-order valence-electron chi connectivity index (χ1n) is 4.83. The molecule has 1 atom stereocenters. The number of hydrogen-bond acceptors (Lipinski definition) is 3. The van der Waals surface area contributed by atoms with Crippen LogP contribution in [0.5, 0.6) is 0 Å². The molecule has 2 N–H and O–H groups in total. The van der Waals surface area contributed by atoms with E-state index in [1.54, 1.807) is 6.07 Å². The SMILES string of the molecule is COC(OC)C(N)Cc1ccc(Cl)c(F)c1. The molecule has 3 nitrogen and oxygen atoms in total. The Hall–Kier alpha value is -0.680.